The van der Waals surface area contributed by atoms with E-state index < -0.39 is 0 Å². The molecule has 1 aliphatic carbocycles. The summed E-state index contributed by atoms with van der Waals surface area (Å²) in [7, 11) is 0. The molecule has 9 nitrogen and oxygen atoms in total. The van der Waals surface area contributed by atoms with Gasteiger partial charge in [0.05, 0.1) is 17.3 Å². The number of aromatic nitrogens is 5. The first-order valence-corrected chi connectivity index (χ1v) is 13.6. The number of hydrogen-bond donors (Lipinski definition) is 1. The molecule has 0 bridgehead atoms. The molecular formula is C27H29Cl2N7O2. The highest BCUT2D eigenvalue weighted by molar-refractivity contribution is 6.33. The van der Waals surface area contributed by atoms with E-state index in [0.29, 0.717) is 46.2 Å². The maximum atomic E-state index is 6.82. The van der Waals surface area contributed by atoms with Gasteiger partial charge in [0, 0.05) is 38.3 Å². The number of halogens is 2. The van der Waals surface area contributed by atoms with Gasteiger partial charge in [-0.05, 0) is 50.1 Å². The van der Waals surface area contributed by atoms with Gasteiger partial charge in [-0.3, -0.25) is 4.90 Å². The number of fused-ring (bicyclic) bond motifs is 1. The van der Waals surface area contributed by atoms with E-state index in [0.717, 1.165) is 62.6 Å². The Morgan fingerprint density at radius 1 is 1.05 bits per heavy atom. The van der Waals surface area contributed by atoms with Crippen LogP contribution in [0.25, 0.3) is 22.6 Å². The Balaban J connectivity index is 1.33. The van der Waals surface area contributed by atoms with Crippen molar-refractivity contribution in [3.8, 4) is 23.0 Å². The number of piperazine rings is 1. The van der Waals surface area contributed by atoms with Gasteiger partial charge in [-0.15, -0.1) is 0 Å². The summed E-state index contributed by atoms with van der Waals surface area (Å²) in [6.45, 7) is 8.06. The first-order chi connectivity index (χ1) is 18.5. The lowest BCUT2D eigenvalue weighted by atomic mass is 10.2. The molecule has 1 saturated heterocycles. The van der Waals surface area contributed by atoms with Crippen LogP contribution < -0.4 is 14.8 Å². The topological polar surface area (TPSA) is 90.2 Å². The Morgan fingerprint density at radius 3 is 2.66 bits per heavy atom. The first-order valence-electron chi connectivity index (χ1n) is 12.8. The minimum absolute atomic E-state index is 0.216. The lowest BCUT2D eigenvalue weighted by molar-refractivity contribution is 0.191. The summed E-state index contributed by atoms with van der Waals surface area (Å²) in [5.41, 5.74) is 2.54. The molecule has 11 heteroatoms. The molecule has 1 N–H and O–H groups in total. The monoisotopic (exact) mass is 553 g/mol. The third-order valence-corrected chi connectivity index (χ3v) is 7.49. The Kier molecular flexibility index (Phi) is 7.09. The van der Waals surface area contributed by atoms with E-state index in [2.05, 4.69) is 32.1 Å². The third-order valence-electron chi connectivity index (χ3n) is 6.96. The van der Waals surface area contributed by atoms with Crippen molar-refractivity contribution >= 4 is 34.4 Å². The van der Waals surface area contributed by atoms with E-state index in [1.807, 2.05) is 34.9 Å². The van der Waals surface area contributed by atoms with Crippen LogP contribution in [-0.2, 0) is 6.54 Å². The molecular weight excluding hydrogens is 525 g/mol. The van der Waals surface area contributed by atoms with E-state index >= 15 is 0 Å². The number of rotatable bonds is 9. The van der Waals surface area contributed by atoms with Crippen molar-refractivity contribution in [2.45, 2.75) is 31.9 Å². The second-order valence-electron chi connectivity index (χ2n) is 9.96. The highest BCUT2D eigenvalue weighted by atomic mass is 35.5. The molecule has 4 aromatic rings. The second kappa shape index (κ2) is 10.6. The fourth-order valence-corrected chi connectivity index (χ4v) is 5.02. The van der Waals surface area contributed by atoms with Gasteiger partial charge in [-0.2, -0.15) is 4.98 Å². The Bertz CT molecular complexity index is 1450. The van der Waals surface area contributed by atoms with Crippen molar-refractivity contribution in [3.05, 3.63) is 58.6 Å². The molecule has 3 aromatic heterocycles. The summed E-state index contributed by atoms with van der Waals surface area (Å²) in [5, 5.41) is 4.32. The lowest BCUT2D eigenvalue weighted by Gasteiger charge is -2.26. The summed E-state index contributed by atoms with van der Waals surface area (Å²) in [6, 6.07) is 11.2. The quantitative estimate of drug-likeness (QED) is 0.304. The lowest BCUT2D eigenvalue weighted by Crippen LogP contribution is -2.44. The van der Waals surface area contributed by atoms with Gasteiger partial charge < -0.3 is 19.4 Å². The number of pyridine rings is 1. The number of ether oxygens (including phenoxy) is 2. The fourth-order valence-electron chi connectivity index (χ4n) is 4.58. The molecule has 0 spiro atoms. The van der Waals surface area contributed by atoms with E-state index in [9.17, 15) is 0 Å². The summed E-state index contributed by atoms with van der Waals surface area (Å²) in [4.78, 5) is 20.6. The van der Waals surface area contributed by atoms with Crippen LogP contribution in [0.3, 0.4) is 0 Å². The van der Waals surface area contributed by atoms with Gasteiger partial charge in [-0.1, -0.05) is 29.3 Å². The smallest absolute Gasteiger partial charge is 0.244 e. The molecule has 0 atom stereocenters. The zero-order chi connectivity index (χ0) is 26.1. The number of nitrogens with zero attached hydrogens (tertiary/aromatic N) is 6. The second-order valence-corrected chi connectivity index (χ2v) is 10.8. The van der Waals surface area contributed by atoms with E-state index in [4.69, 9.17) is 37.7 Å². The van der Waals surface area contributed by atoms with E-state index in [1.165, 1.54) is 6.33 Å². The Hall–Kier alpha value is -2.98. The van der Waals surface area contributed by atoms with Crippen molar-refractivity contribution in [2.75, 3.05) is 39.3 Å². The zero-order valence-electron chi connectivity index (χ0n) is 21.2. The summed E-state index contributed by atoms with van der Waals surface area (Å²) < 4.78 is 14.3. The number of nitrogens with one attached hydrogen (secondary N) is 1. The fraction of sp³-hybridized carbons (Fsp3) is 0.407. The molecule has 6 rings (SSSR count). The van der Waals surface area contributed by atoms with Crippen LogP contribution in [-0.4, -0.2) is 74.3 Å². The SMILES string of the molecule is CC1(Oc2ncnc3nc(-c4ccc(OCCN5CCNCC5)cc4Cl)n(Cc4cccc(Cl)n4)c23)CC1. The predicted octanol–water partition coefficient (Wildman–Crippen LogP) is 4.46. The number of benzene rings is 1. The summed E-state index contributed by atoms with van der Waals surface area (Å²) >= 11 is 13.0. The minimum Gasteiger partial charge on any atom is -0.492 e. The van der Waals surface area contributed by atoms with Crippen LogP contribution in [0.1, 0.15) is 25.5 Å². The molecule has 38 heavy (non-hydrogen) atoms. The van der Waals surface area contributed by atoms with Crippen LogP contribution in [0.15, 0.2) is 42.7 Å². The number of hydrogen-bond acceptors (Lipinski definition) is 8. The van der Waals surface area contributed by atoms with E-state index in [-0.39, 0.29) is 5.60 Å². The van der Waals surface area contributed by atoms with Gasteiger partial charge in [0.2, 0.25) is 5.88 Å². The van der Waals surface area contributed by atoms with Crippen LogP contribution >= 0.6 is 23.2 Å². The van der Waals surface area contributed by atoms with Gasteiger partial charge in [0.15, 0.2) is 11.2 Å². The highest BCUT2D eigenvalue weighted by Crippen LogP contribution is 2.41. The zero-order valence-corrected chi connectivity index (χ0v) is 22.7. The molecule has 4 heterocycles. The molecule has 2 aliphatic rings. The average molecular weight is 554 g/mol. The van der Waals surface area contributed by atoms with Gasteiger partial charge in [0.25, 0.3) is 0 Å². The largest absolute Gasteiger partial charge is 0.492 e. The molecule has 1 aliphatic heterocycles. The Labute approximate surface area is 231 Å². The molecule has 1 aromatic carbocycles. The third kappa shape index (κ3) is 5.56. The minimum atomic E-state index is -0.216. The van der Waals surface area contributed by atoms with Crippen LogP contribution in [0.2, 0.25) is 10.2 Å². The maximum Gasteiger partial charge on any atom is 0.244 e. The summed E-state index contributed by atoms with van der Waals surface area (Å²) in [6.07, 6.45) is 3.45. The molecule has 0 amide bonds. The molecule has 198 valence electrons. The standard InChI is InChI=1S/C27H29Cl2N7O2/c1-27(7-8-27)38-26-23-24(31-17-32-26)34-25(36(23)16-18-3-2-4-22(29)33-18)20-6-5-19(15-21(20)28)37-14-13-35-11-9-30-10-12-35/h2-6,15,17,30H,7-14,16H2,1H3. The van der Waals surface area contributed by atoms with Crippen molar-refractivity contribution in [3.63, 3.8) is 0 Å². The average Bonchev–Trinajstić information content (AvgIpc) is 3.52. The summed E-state index contributed by atoms with van der Waals surface area (Å²) in [5.74, 6) is 1.86. The van der Waals surface area contributed by atoms with Crippen molar-refractivity contribution in [1.82, 2.24) is 34.7 Å². The Morgan fingerprint density at radius 2 is 1.89 bits per heavy atom. The van der Waals surface area contributed by atoms with Crippen LogP contribution in [0.4, 0.5) is 0 Å². The molecule has 0 unspecified atom stereocenters. The van der Waals surface area contributed by atoms with Gasteiger partial charge in [0.1, 0.15) is 35.3 Å². The predicted molar refractivity (Wildman–Crippen MR) is 147 cm³/mol. The highest BCUT2D eigenvalue weighted by Gasteiger charge is 2.41. The molecule has 1 saturated carbocycles. The van der Waals surface area contributed by atoms with Crippen LogP contribution in [0, 0.1) is 0 Å². The van der Waals surface area contributed by atoms with Gasteiger partial charge >= 0.3 is 0 Å². The molecule has 2 fully saturated rings. The van der Waals surface area contributed by atoms with Crippen molar-refractivity contribution in [1.29, 1.82) is 0 Å². The molecule has 0 radical (unpaired) electrons. The van der Waals surface area contributed by atoms with Gasteiger partial charge in [-0.25, -0.2) is 15.0 Å². The van der Waals surface area contributed by atoms with Crippen molar-refractivity contribution in [2.24, 2.45) is 0 Å². The van der Waals surface area contributed by atoms with E-state index in [1.54, 1.807) is 6.07 Å². The normalized spacial score (nSPS) is 17.0. The first kappa shape index (κ1) is 25.3. The maximum absolute atomic E-state index is 6.82. The van der Waals surface area contributed by atoms with Crippen LogP contribution in [0.5, 0.6) is 11.6 Å². The van der Waals surface area contributed by atoms with Crippen molar-refractivity contribution < 1.29 is 9.47 Å². The number of imidazole rings is 1.